The SMILES string of the molecule is CC1(C)OB(c2ccccc2N)OC1(C)C.Ic1ccccc1I.N#Cc1cccnc1Cl.Nc1nc2ccccc2c2ncccc12.c1ccc2c(c1)nc1c3cccnc3c3ccccc3n21. The number of fused-ring (bicyclic) bond motifs is 11. The van der Waals surface area contributed by atoms with Gasteiger partial charge in [-0.3, -0.25) is 14.4 Å². The third kappa shape index (κ3) is 10.7. The molecule has 11 aromatic rings. The summed E-state index contributed by atoms with van der Waals surface area (Å²) in [5, 5.41) is 12.8. The summed E-state index contributed by atoms with van der Waals surface area (Å²) in [6.07, 6.45) is 5.16. The van der Waals surface area contributed by atoms with Gasteiger partial charge >= 0.3 is 7.12 Å². The van der Waals surface area contributed by atoms with Gasteiger partial charge in [-0.25, -0.2) is 15.0 Å². The predicted molar refractivity (Wildman–Crippen MR) is 299 cm³/mol. The number of hydrogen-bond donors (Lipinski definition) is 2. The minimum Gasteiger partial charge on any atom is -0.399 e. The topological polar surface area (TPSA) is 163 Å². The summed E-state index contributed by atoms with van der Waals surface area (Å²) in [5.41, 5.74) is 20.3. The predicted octanol–water partition coefficient (Wildman–Crippen LogP) is 12.6. The van der Waals surface area contributed by atoms with Crippen LogP contribution in [0.15, 0.2) is 176 Å². The molecule has 0 atom stereocenters. The molecule has 12 rings (SSSR count). The molecule has 6 aromatic heterocycles. The van der Waals surface area contributed by atoms with E-state index in [1.54, 1.807) is 24.5 Å². The van der Waals surface area contributed by atoms with E-state index in [2.05, 4.69) is 130 Å². The Morgan fingerprint density at radius 3 is 1.70 bits per heavy atom. The minimum absolute atomic E-state index is 0.264. The zero-order valence-electron chi connectivity index (χ0n) is 38.1. The molecule has 1 saturated heterocycles. The van der Waals surface area contributed by atoms with E-state index < -0.39 is 0 Å². The van der Waals surface area contributed by atoms with Crippen LogP contribution in [0.25, 0.3) is 60.3 Å². The Morgan fingerprint density at radius 1 is 0.565 bits per heavy atom. The largest absolute Gasteiger partial charge is 0.496 e. The van der Waals surface area contributed by atoms with Crippen molar-refractivity contribution in [2.75, 3.05) is 11.5 Å². The van der Waals surface area contributed by atoms with E-state index in [0.29, 0.717) is 17.1 Å². The van der Waals surface area contributed by atoms with Gasteiger partial charge in [0.25, 0.3) is 0 Å². The van der Waals surface area contributed by atoms with Gasteiger partial charge in [-0.15, -0.1) is 0 Å². The van der Waals surface area contributed by atoms with E-state index in [-0.39, 0.29) is 23.5 Å². The van der Waals surface area contributed by atoms with Gasteiger partial charge < -0.3 is 20.8 Å². The highest BCUT2D eigenvalue weighted by atomic mass is 127. The zero-order chi connectivity index (χ0) is 48.7. The Labute approximate surface area is 432 Å². The molecule has 4 N–H and O–H groups in total. The highest BCUT2D eigenvalue weighted by molar-refractivity contribution is 14.1. The number of halogens is 3. The van der Waals surface area contributed by atoms with E-state index in [9.17, 15) is 0 Å². The van der Waals surface area contributed by atoms with Crippen LogP contribution in [0.5, 0.6) is 0 Å². The Morgan fingerprint density at radius 2 is 1.07 bits per heavy atom. The zero-order valence-corrected chi connectivity index (χ0v) is 43.1. The molecule has 0 aliphatic carbocycles. The van der Waals surface area contributed by atoms with Gasteiger partial charge in [0, 0.05) is 58.4 Å². The molecule has 0 bridgehead atoms. The van der Waals surface area contributed by atoms with Crippen LogP contribution in [0.4, 0.5) is 11.5 Å². The molecule has 0 spiro atoms. The summed E-state index contributed by atoms with van der Waals surface area (Å²) in [6.45, 7) is 8.14. The third-order valence-corrected chi connectivity index (χ3v) is 14.9. The lowest BCUT2D eigenvalue weighted by molar-refractivity contribution is 0.00578. The van der Waals surface area contributed by atoms with Crippen LogP contribution < -0.4 is 16.9 Å². The van der Waals surface area contributed by atoms with Crippen molar-refractivity contribution in [3.05, 3.63) is 194 Å². The normalized spacial score (nSPS) is 13.3. The van der Waals surface area contributed by atoms with Crippen molar-refractivity contribution in [1.82, 2.24) is 29.3 Å². The number of rotatable bonds is 1. The Balaban J connectivity index is 0.000000121. The van der Waals surface area contributed by atoms with Crippen molar-refractivity contribution in [2.45, 2.75) is 38.9 Å². The molecule has 0 radical (unpaired) electrons. The molecule has 5 aromatic carbocycles. The number of imidazole rings is 1. The fourth-order valence-electron chi connectivity index (χ4n) is 7.51. The quantitative estimate of drug-likeness (QED) is 0.0532. The number of para-hydroxylation sites is 5. The smallest absolute Gasteiger partial charge is 0.399 e. The maximum Gasteiger partial charge on any atom is 0.496 e. The van der Waals surface area contributed by atoms with Crippen molar-refractivity contribution >= 4 is 141 Å². The number of nitrogen functional groups attached to an aromatic ring is 2. The Hall–Kier alpha value is -6.49. The van der Waals surface area contributed by atoms with E-state index in [1.807, 2.05) is 125 Å². The third-order valence-electron chi connectivity index (χ3n) is 11.7. The molecular weight excluding hydrogens is 1110 g/mol. The lowest BCUT2D eigenvalue weighted by Crippen LogP contribution is -2.41. The summed E-state index contributed by atoms with van der Waals surface area (Å²) in [7, 11) is -0.369. The molecular formula is C54H45BClI2N9O2. The summed E-state index contributed by atoms with van der Waals surface area (Å²) >= 11 is 10.1. The molecule has 1 fully saturated rings. The summed E-state index contributed by atoms with van der Waals surface area (Å²) < 4.78 is 16.7. The van der Waals surface area contributed by atoms with E-state index in [1.165, 1.54) is 7.14 Å². The number of nitriles is 1. The highest BCUT2D eigenvalue weighted by Crippen LogP contribution is 2.37. The first kappa shape index (κ1) is 49.0. The number of nitrogens with two attached hydrogens (primary N) is 2. The number of anilines is 2. The molecule has 1 aliphatic rings. The molecule has 7 heterocycles. The summed E-state index contributed by atoms with van der Waals surface area (Å²) in [6, 6.07) is 53.5. The molecule has 11 nitrogen and oxygen atoms in total. The first-order valence-corrected chi connectivity index (χ1v) is 24.3. The number of pyridine rings is 5. The van der Waals surface area contributed by atoms with Crippen molar-refractivity contribution in [1.29, 1.82) is 5.26 Å². The van der Waals surface area contributed by atoms with Gasteiger partial charge in [0.1, 0.15) is 22.7 Å². The van der Waals surface area contributed by atoms with Crippen LogP contribution in [-0.2, 0) is 9.31 Å². The number of hydrogen-bond acceptors (Lipinski definition) is 10. The van der Waals surface area contributed by atoms with Gasteiger partial charge in [0.05, 0.1) is 49.9 Å². The Kier molecular flexibility index (Phi) is 15.2. The second-order valence-corrected chi connectivity index (χ2v) is 19.4. The molecule has 15 heteroatoms. The Bertz CT molecular complexity index is 3620. The summed E-state index contributed by atoms with van der Waals surface area (Å²) in [5.74, 6) is 0.539. The van der Waals surface area contributed by atoms with E-state index in [0.717, 1.165) is 65.8 Å². The van der Waals surface area contributed by atoms with Crippen LogP contribution in [0.1, 0.15) is 33.3 Å². The molecule has 69 heavy (non-hydrogen) atoms. The lowest BCUT2D eigenvalue weighted by Gasteiger charge is -2.32. The fraction of sp³-hybridized carbons (Fsp3) is 0.111. The van der Waals surface area contributed by atoms with Gasteiger partial charge in [-0.1, -0.05) is 90.5 Å². The first-order chi connectivity index (χ1) is 33.3. The second kappa shape index (κ2) is 21.4. The number of aromatic nitrogens is 6. The van der Waals surface area contributed by atoms with Crippen LogP contribution in [0.3, 0.4) is 0 Å². The van der Waals surface area contributed by atoms with E-state index in [4.69, 9.17) is 42.6 Å². The van der Waals surface area contributed by atoms with Gasteiger partial charge in [-0.05, 0) is 152 Å². The molecule has 342 valence electrons. The average molecular weight is 1150 g/mol. The standard InChI is InChI=1S/C18H11N3.C12H18BNO2.C12H9N3.C6H3ClN2.C6H4I2/c1-3-9-15-12(6-1)17-13(7-5-11-19-17)18-20-14-8-2-4-10-16(14)21(15)18;1-11(2)12(3,4)16-13(15-11)9-7-5-6-8-10(9)14;13-12-9-5-3-7-14-11(9)8-4-1-2-6-10(8)15-12;7-6-5(4-8)2-1-3-9-6;7-5-3-1-2-4-6(5)8/h1-11H;5-8H,14H2,1-4H3;1-7H,(H2,13,15);1-3H;1-4H. The molecule has 0 unspecified atom stereocenters. The lowest BCUT2D eigenvalue weighted by atomic mass is 9.78. The number of benzene rings is 5. The van der Waals surface area contributed by atoms with Gasteiger partial charge in [0.2, 0.25) is 0 Å². The number of nitrogens with zero attached hydrogens (tertiary/aromatic N) is 7. The molecule has 1 aliphatic heterocycles. The maximum atomic E-state index is 8.34. The molecule has 0 saturated carbocycles. The van der Waals surface area contributed by atoms with Crippen LogP contribution in [0.2, 0.25) is 5.15 Å². The monoisotopic (exact) mass is 1150 g/mol. The average Bonchev–Trinajstić information content (AvgIpc) is 3.86. The maximum absolute atomic E-state index is 8.34. The van der Waals surface area contributed by atoms with Crippen molar-refractivity contribution in [2.24, 2.45) is 0 Å². The highest BCUT2D eigenvalue weighted by Gasteiger charge is 2.52. The fourth-order valence-corrected chi connectivity index (χ4v) is 8.45. The van der Waals surface area contributed by atoms with Crippen molar-refractivity contribution < 1.29 is 9.31 Å². The second-order valence-electron chi connectivity index (χ2n) is 16.7. The summed E-state index contributed by atoms with van der Waals surface area (Å²) in [4.78, 5) is 21.8. The van der Waals surface area contributed by atoms with Crippen LogP contribution >= 0.6 is 56.8 Å². The van der Waals surface area contributed by atoms with Crippen molar-refractivity contribution in [3.63, 3.8) is 0 Å². The van der Waals surface area contributed by atoms with Crippen LogP contribution in [-0.4, -0.2) is 47.6 Å². The minimum atomic E-state index is -0.369. The van der Waals surface area contributed by atoms with Crippen molar-refractivity contribution in [3.8, 4) is 6.07 Å². The van der Waals surface area contributed by atoms with Gasteiger partial charge in [-0.2, -0.15) is 5.26 Å². The first-order valence-electron chi connectivity index (χ1n) is 21.8. The molecule has 0 amide bonds. The van der Waals surface area contributed by atoms with Crippen LogP contribution in [0, 0.1) is 18.5 Å². The van der Waals surface area contributed by atoms with Gasteiger partial charge in [0.15, 0.2) is 0 Å². The van der Waals surface area contributed by atoms with E-state index >= 15 is 0 Å².